The van der Waals surface area contributed by atoms with Crippen molar-refractivity contribution in [1.29, 1.82) is 0 Å². The van der Waals surface area contributed by atoms with Gasteiger partial charge in [0.15, 0.2) is 16.4 Å². The second kappa shape index (κ2) is 8.76. The number of nitrogens with zero attached hydrogens (tertiary/aromatic N) is 4. The Balaban J connectivity index is 1.48. The molecule has 0 aliphatic carbocycles. The molecule has 4 rings (SSSR count). The first kappa shape index (κ1) is 20.2. The van der Waals surface area contributed by atoms with Gasteiger partial charge in [0.1, 0.15) is 18.0 Å². The van der Waals surface area contributed by atoms with E-state index >= 15 is 0 Å². The van der Waals surface area contributed by atoms with E-state index in [1.165, 1.54) is 12.4 Å². The van der Waals surface area contributed by atoms with Crippen molar-refractivity contribution in [2.75, 3.05) is 12.4 Å². The van der Waals surface area contributed by atoms with Gasteiger partial charge in [0.25, 0.3) is 0 Å². The molecule has 4 aromatic rings. The third-order valence-corrected chi connectivity index (χ3v) is 4.76. The summed E-state index contributed by atoms with van der Waals surface area (Å²) < 4.78 is 7.11. The van der Waals surface area contributed by atoms with Gasteiger partial charge in [-0.2, -0.15) is 5.10 Å². The number of ether oxygens (including phenoxy) is 1. The Labute approximate surface area is 182 Å². The van der Waals surface area contributed by atoms with Crippen LogP contribution in [0.2, 0.25) is 0 Å². The van der Waals surface area contributed by atoms with Crippen molar-refractivity contribution in [3.05, 3.63) is 65.7 Å². The van der Waals surface area contributed by atoms with Gasteiger partial charge >= 0.3 is 0 Å². The predicted octanol–water partition coefficient (Wildman–Crippen LogP) is 3.42. The second-order valence-corrected chi connectivity index (χ2v) is 6.95. The minimum Gasteiger partial charge on any atom is -0.508 e. The number of aromatic nitrogens is 5. The van der Waals surface area contributed by atoms with Gasteiger partial charge in [-0.25, -0.2) is 9.97 Å². The zero-order chi connectivity index (χ0) is 21.8. The molecule has 2 aromatic heterocycles. The van der Waals surface area contributed by atoms with E-state index in [4.69, 9.17) is 17.0 Å². The number of methoxy groups -OCH3 is 1. The normalized spacial score (nSPS) is 10.6. The maximum absolute atomic E-state index is 12.6. The van der Waals surface area contributed by atoms with Crippen molar-refractivity contribution in [3.8, 4) is 34.3 Å². The third-order valence-electron chi connectivity index (χ3n) is 4.45. The van der Waals surface area contributed by atoms with E-state index in [9.17, 15) is 9.90 Å². The first-order chi connectivity index (χ1) is 15.0. The van der Waals surface area contributed by atoms with Gasteiger partial charge in [0, 0.05) is 11.1 Å². The van der Waals surface area contributed by atoms with Gasteiger partial charge < -0.3 is 15.2 Å². The molecule has 0 radical (unpaired) electrons. The van der Waals surface area contributed by atoms with Gasteiger partial charge in [-0.15, -0.1) is 0 Å². The number of carbonyl (C=O) groups excluding carboxylic acids is 1. The lowest BCUT2D eigenvalue weighted by Crippen LogP contribution is -2.19. The summed E-state index contributed by atoms with van der Waals surface area (Å²) in [5.74, 6) is 1.52. The zero-order valence-electron chi connectivity index (χ0n) is 16.4. The summed E-state index contributed by atoms with van der Waals surface area (Å²) in [5, 5.41) is 19.3. The lowest BCUT2D eigenvalue weighted by Gasteiger charge is -2.09. The number of hydrogen-bond donors (Lipinski definition) is 3. The lowest BCUT2D eigenvalue weighted by molar-refractivity contribution is -0.116. The number of benzene rings is 2. The van der Waals surface area contributed by atoms with Crippen LogP contribution >= 0.6 is 12.2 Å². The van der Waals surface area contributed by atoms with Gasteiger partial charge in [-0.1, -0.05) is 12.1 Å². The molecule has 0 fully saturated rings. The number of aromatic hydroxyl groups is 1. The molecule has 0 aliphatic heterocycles. The van der Waals surface area contributed by atoms with Crippen molar-refractivity contribution < 1.29 is 14.6 Å². The van der Waals surface area contributed by atoms with Crippen molar-refractivity contribution in [2.45, 2.75) is 6.54 Å². The summed E-state index contributed by atoms with van der Waals surface area (Å²) in [6.07, 6.45) is 3.01. The minimum atomic E-state index is -0.305. The fourth-order valence-electron chi connectivity index (χ4n) is 2.96. The highest BCUT2D eigenvalue weighted by atomic mass is 32.1. The molecular weight excluding hydrogens is 416 g/mol. The molecule has 9 nitrogen and oxygen atoms in total. The molecule has 0 saturated heterocycles. The number of H-pyrrole nitrogens is 1. The van der Waals surface area contributed by atoms with E-state index in [1.54, 1.807) is 35.9 Å². The van der Waals surface area contributed by atoms with Crippen LogP contribution in [0.4, 0.5) is 5.69 Å². The molecule has 31 heavy (non-hydrogen) atoms. The molecule has 0 unspecified atom stereocenters. The monoisotopic (exact) mass is 434 g/mol. The molecular formula is C21H18N6O3S. The van der Waals surface area contributed by atoms with Crippen LogP contribution in [0.15, 0.2) is 60.9 Å². The van der Waals surface area contributed by atoms with Crippen LogP contribution in [0.5, 0.6) is 11.5 Å². The highest BCUT2D eigenvalue weighted by Crippen LogP contribution is 2.22. The minimum absolute atomic E-state index is 0.0367. The summed E-state index contributed by atoms with van der Waals surface area (Å²) in [6.45, 7) is -0.0367. The summed E-state index contributed by atoms with van der Waals surface area (Å²) in [6, 6.07) is 13.9. The first-order valence-corrected chi connectivity index (χ1v) is 9.65. The number of nitrogens with one attached hydrogen (secondary N) is 2. The molecule has 0 saturated carbocycles. The van der Waals surface area contributed by atoms with Crippen LogP contribution in [-0.2, 0) is 11.3 Å². The van der Waals surface area contributed by atoms with Crippen LogP contribution in [0, 0.1) is 4.77 Å². The van der Waals surface area contributed by atoms with Crippen molar-refractivity contribution in [1.82, 2.24) is 24.7 Å². The zero-order valence-corrected chi connectivity index (χ0v) is 17.3. The van der Waals surface area contributed by atoms with E-state index in [1.807, 2.05) is 24.3 Å². The Morgan fingerprint density at radius 3 is 2.58 bits per heavy atom. The Morgan fingerprint density at radius 1 is 1.16 bits per heavy atom. The molecule has 2 aromatic carbocycles. The molecule has 0 aliphatic rings. The average Bonchev–Trinajstić information content (AvgIpc) is 3.14. The molecule has 0 atom stereocenters. The van der Waals surface area contributed by atoms with Gasteiger partial charge in [-0.3, -0.25) is 14.5 Å². The lowest BCUT2D eigenvalue weighted by atomic mass is 10.2. The SMILES string of the molecule is COc1ccc(-c2n[nH]c(=S)n2CC(=O)Nc2cnc(-c3cccc(O)c3)nc2)cc1. The number of carbonyl (C=O) groups is 1. The molecule has 1 amide bonds. The van der Waals surface area contributed by atoms with Crippen LogP contribution < -0.4 is 10.1 Å². The summed E-state index contributed by atoms with van der Waals surface area (Å²) in [5.41, 5.74) is 1.90. The van der Waals surface area contributed by atoms with E-state index < -0.39 is 0 Å². The van der Waals surface area contributed by atoms with Crippen molar-refractivity contribution >= 4 is 23.8 Å². The standard InChI is InChI=1S/C21H18N6O3S/c1-30-17-7-5-13(6-8-17)20-25-26-21(31)27(20)12-18(29)24-15-10-22-19(23-11-15)14-3-2-4-16(28)9-14/h2-11,28H,12H2,1H3,(H,24,29)(H,26,31). The number of phenols is 1. The molecule has 10 heteroatoms. The smallest absolute Gasteiger partial charge is 0.244 e. The van der Waals surface area contributed by atoms with E-state index in [0.29, 0.717) is 27.7 Å². The Hall–Kier alpha value is -4.05. The second-order valence-electron chi connectivity index (χ2n) is 6.56. The highest BCUT2D eigenvalue weighted by molar-refractivity contribution is 7.71. The van der Waals surface area contributed by atoms with Crippen LogP contribution in [0.3, 0.4) is 0 Å². The maximum atomic E-state index is 12.6. The number of hydrogen-bond acceptors (Lipinski definition) is 7. The number of aromatic amines is 1. The average molecular weight is 434 g/mol. The number of anilines is 1. The van der Waals surface area contributed by atoms with Crippen molar-refractivity contribution in [3.63, 3.8) is 0 Å². The molecule has 0 bridgehead atoms. The topological polar surface area (TPSA) is 118 Å². The Kier molecular flexibility index (Phi) is 5.72. The third kappa shape index (κ3) is 4.59. The van der Waals surface area contributed by atoms with E-state index in [0.717, 1.165) is 11.3 Å². The Bertz CT molecular complexity index is 1270. The van der Waals surface area contributed by atoms with Crippen LogP contribution in [0.25, 0.3) is 22.8 Å². The summed E-state index contributed by atoms with van der Waals surface area (Å²) in [4.78, 5) is 21.1. The summed E-state index contributed by atoms with van der Waals surface area (Å²) in [7, 11) is 1.59. The van der Waals surface area contributed by atoms with E-state index in [2.05, 4.69) is 25.5 Å². The van der Waals surface area contributed by atoms with Gasteiger partial charge in [0.2, 0.25) is 5.91 Å². The number of amides is 1. The van der Waals surface area contributed by atoms with Crippen LogP contribution in [-0.4, -0.2) is 42.9 Å². The number of rotatable bonds is 6. The fraction of sp³-hybridized carbons (Fsp3) is 0.0952. The van der Waals surface area contributed by atoms with E-state index in [-0.39, 0.29) is 18.2 Å². The largest absolute Gasteiger partial charge is 0.508 e. The predicted molar refractivity (Wildman–Crippen MR) is 117 cm³/mol. The fourth-order valence-corrected chi connectivity index (χ4v) is 3.15. The van der Waals surface area contributed by atoms with Gasteiger partial charge in [0.05, 0.1) is 25.2 Å². The molecule has 0 spiro atoms. The first-order valence-electron chi connectivity index (χ1n) is 9.24. The maximum Gasteiger partial charge on any atom is 0.244 e. The van der Waals surface area contributed by atoms with Crippen LogP contribution in [0.1, 0.15) is 0 Å². The highest BCUT2D eigenvalue weighted by Gasteiger charge is 2.13. The summed E-state index contributed by atoms with van der Waals surface area (Å²) >= 11 is 5.28. The number of phenolic OH excluding ortho intramolecular Hbond substituents is 1. The molecule has 2 heterocycles. The Morgan fingerprint density at radius 2 is 1.90 bits per heavy atom. The molecule has 156 valence electrons. The van der Waals surface area contributed by atoms with Gasteiger partial charge in [-0.05, 0) is 48.6 Å². The molecule has 3 N–H and O–H groups in total. The van der Waals surface area contributed by atoms with Crippen molar-refractivity contribution in [2.24, 2.45) is 0 Å². The quantitative estimate of drug-likeness (QED) is 0.398.